The molecule has 8 nitrogen and oxygen atoms in total. The molecule has 2 heterocycles. The molecule has 2 N–H and O–H groups in total. The number of alkyl halides is 3. The Bertz CT molecular complexity index is 1060. The van der Waals surface area contributed by atoms with E-state index in [1.54, 1.807) is 37.3 Å². The van der Waals surface area contributed by atoms with Gasteiger partial charge in [0.15, 0.2) is 0 Å². The monoisotopic (exact) mass is 445 g/mol. The number of carbonyl (C=O) groups excluding carboxylic acids is 1. The third kappa shape index (κ3) is 5.21. The maximum atomic E-state index is 13.0. The van der Waals surface area contributed by atoms with Crippen molar-refractivity contribution in [2.75, 3.05) is 5.32 Å². The molecule has 32 heavy (non-hydrogen) atoms. The standard InChI is InChI=1S/C21H22F3N7O/c1-13-10-17(11-19(26-13)21(22,23)24)27-15-4-6-16(7-5-15)28-20(32)14-2-8-18(9-3-14)31-12-25-29-30-31/h2-3,8-12,15-16H,4-7H2,1H3,(H,26,27)(H,28,32). The Morgan fingerprint density at radius 2 is 1.75 bits per heavy atom. The Labute approximate surface area is 182 Å². The Balaban J connectivity index is 1.29. The molecule has 1 aromatic carbocycles. The van der Waals surface area contributed by atoms with Crippen molar-refractivity contribution in [2.45, 2.75) is 50.9 Å². The maximum absolute atomic E-state index is 13.0. The molecule has 0 saturated heterocycles. The summed E-state index contributed by atoms with van der Waals surface area (Å²) in [5.74, 6) is -0.163. The normalized spacial score (nSPS) is 18.9. The van der Waals surface area contributed by atoms with Gasteiger partial charge >= 0.3 is 6.18 Å². The summed E-state index contributed by atoms with van der Waals surface area (Å²) in [6.45, 7) is 1.54. The predicted molar refractivity (Wildman–Crippen MR) is 110 cm³/mol. The summed E-state index contributed by atoms with van der Waals surface area (Å²) >= 11 is 0. The Kier molecular flexibility index (Phi) is 6.06. The first-order valence-electron chi connectivity index (χ1n) is 10.2. The zero-order chi connectivity index (χ0) is 22.7. The minimum atomic E-state index is -4.48. The second-order valence-corrected chi connectivity index (χ2v) is 7.85. The van der Waals surface area contributed by atoms with Crippen LogP contribution >= 0.6 is 0 Å². The van der Waals surface area contributed by atoms with Crippen LogP contribution < -0.4 is 10.6 Å². The number of halogens is 3. The lowest BCUT2D eigenvalue weighted by Gasteiger charge is -2.30. The number of nitrogens with zero attached hydrogens (tertiary/aromatic N) is 5. The van der Waals surface area contributed by atoms with Crippen molar-refractivity contribution in [3.8, 4) is 5.69 Å². The highest BCUT2D eigenvalue weighted by Gasteiger charge is 2.33. The highest BCUT2D eigenvalue weighted by atomic mass is 19.4. The van der Waals surface area contributed by atoms with Gasteiger partial charge in [-0.2, -0.15) is 13.2 Å². The van der Waals surface area contributed by atoms with E-state index in [2.05, 4.69) is 31.1 Å². The van der Waals surface area contributed by atoms with Crippen LogP contribution in [0, 0.1) is 6.92 Å². The van der Waals surface area contributed by atoms with Crippen LogP contribution in [0.25, 0.3) is 5.69 Å². The van der Waals surface area contributed by atoms with E-state index in [1.165, 1.54) is 11.0 Å². The number of aryl methyl sites for hydroxylation is 1. The summed E-state index contributed by atoms with van der Waals surface area (Å²) in [7, 11) is 0. The number of anilines is 1. The van der Waals surface area contributed by atoms with Gasteiger partial charge < -0.3 is 10.6 Å². The van der Waals surface area contributed by atoms with Crippen LogP contribution in [-0.2, 0) is 6.18 Å². The third-order valence-electron chi connectivity index (χ3n) is 5.42. The average Bonchev–Trinajstić information content (AvgIpc) is 3.29. The number of nitrogens with one attached hydrogen (secondary N) is 2. The first-order valence-corrected chi connectivity index (χ1v) is 10.2. The van der Waals surface area contributed by atoms with Crippen LogP contribution in [0.2, 0.25) is 0 Å². The predicted octanol–water partition coefficient (Wildman–Crippen LogP) is 3.54. The topological polar surface area (TPSA) is 97.6 Å². The van der Waals surface area contributed by atoms with Gasteiger partial charge in [0.25, 0.3) is 5.91 Å². The molecule has 4 rings (SSSR count). The second-order valence-electron chi connectivity index (χ2n) is 7.85. The van der Waals surface area contributed by atoms with Crippen LogP contribution in [0.3, 0.4) is 0 Å². The molecule has 1 fully saturated rings. The minimum Gasteiger partial charge on any atom is -0.382 e. The van der Waals surface area contributed by atoms with Gasteiger partial charge in [0.1, 0.15) is 12.0 Å². The number of aromatic nitrogens is 5. The van der Waals surface area contributed by atoms with E-state index >= 15 is 0 Å². The van der Waals surface area contributed by atoms with Gasteiger partial charge in [0, 0.05) is 29.0 Å². The van der Waals surface area contributed by atoms with Gasteiger partial charge in [-0.25, -0.2) is 9.67 Å². The number of hydrogen-bond donors (Lipinski definition) is 2. The third-order valence-corrected chi connectivity index (χ3v) is 5.42. The van der Waals surface area contributed by atoms with Gasteiger partial charge in [-0.05, 0) is 79.4 Å². The summed E-state index contributed by atoms with van der Waals surface area (Å²) in [6, 6.07) is 9.66. The molecule has 1 aliphatic carbocycles. The molecule has 1 aliphatic rings. The Morgan fingerprint density at radius 1 is 1.06 bits per heavy atom. The fraction of sp³-hybridized carbons (Fsp3) is 0.381. The molecule has 0 spiro atoms. The summed E-state index contributed by atoms with van der Waals surface area (Å²) in [6.07, 6.45) is -0.0457. The molecular weight excluding hydrogens is 423 g/mol. The smallest absolute Gasteiger partial charge is 0.382 e. The highest BCUT2D eigenvalue weighted by Crippen LogP contribution is 2.31. The summed E-state index contributed by atoms with van der Waals surface area (Å²) < 4.78 is 40.5. The van der Waals surface area contributed by atoms with E-state index < -0.39 is 11.9 Å². The number of tetrazole rings is 1. The molecule has 3 aromatic rings. The van der Waals surface area contributed by atoms with Crippen LogP contribution in [0.1, 0.15) is 47.4 Å². The molecule has 0 bridgehead atoms. The molecule has 0 unspecified atom stereocenters. The fourth-order valence-corrected chi connectivity index (χ4v) is 3.83. The van der Waals surface area contributed by atoms with E-state index in [0.717, 1.165) is 37.4 Å². The Morgan fingerprint density at radius 3 is 2.38 bits per heavy atom. The lowest BCUT2D eigenvalue weighted by Crippen LogP contribution is -2.40. The molecule has 1 amide bonds. The van der Waals surface area contributed by atoms with Crippen molar-refractivity contribution >= 4 is 11.6 Å². The number of hydrogen-bond acceptors (Lipinski definition) is 6. The van der Waals surface area contributed by atoms with Crippen molar-refractivity contribution in [2.24, 2.45) is 0 Å². The number of amides is 1. The number of rotatable bonds is 5. The Hall–Kier alpha value is -3.50. The highest BCUT2D eigenvalue weighted by molar-refractivity contribution is 5.94. The molecule has 168 valence electrons. The van der Waals surface area contributed by atoms with Crippen molar-refractivity contribution in [1.82, 2.24) is 30.5 Å². The van der Waals surface area contributed by atoms with Gasteiger partial charge in [0.2, 0.25) is 0 Å². The summed E-state index contributed by atoms with van der Waals surface area (Å²) in [5.41, 5.74) is 1.12. The quantitative estimate of drug-likeness (QED) is 0.624. The number of pyridine rings is 1. The van der Waals surface area contributed by atoms with Crippen molar-refractivity contribution in [3.05, 3.63) is 59.7 Å². The largest absolute Gasteiger partial charge is 0.433 e. The van der Waals surface area contributed by atoms with E-state index in [0.29, 0.717) is 16.9 Å². The van der Waals surface area contributed by atoms with Crippen LogP contribution in [-0.4, -0.2) is 43.2 Å². The van der Waals surface area contributed by atoms with Gasteiger partial charge in [-0.15, -0.1) is 5.10 Å². The lowest BCUT2D eigenvalue weighted by molar-refractivity contribution is -0.141. The lowest BCUT2D eigenvalue weighted by atomic mass is 9.90. The molecule has 0 atom stereocenters. The van der Waals surface area contributed by atoms with E-state index in [4.69, 9.17) is 0 Å². The molecule has 0 aliphatic heterocycles. The molecular formula is C21H22F3N7O. The van der Waals surface area contributed by atoms with Crippen molar-refractivity contribution in [3.63, 3.8) is 0 Å². The van der Waals surface area contributed by atoms with Crippen LogP contribution in [0.5, 0.6) is 0 Å². The first kappa shape index (κ1) is 21.7. The average molecular weight is 445 g/mol. The van der Waals surface area contributed by atoms with Crippen molar-refractivity contribution in [1.29, 1.82) is 0 Å². The van der Waals surface area contributed by atoms with Crippen molar-refractivity contribution < 1.29 is 18.0 Å². The number of benzene rings is 1. The fourth-order valence-electron chi connectivity index (χ4n) is 3.83. The SMILES string of the molecule is Cc1cc(NC2CCC(NC(=O)c3ccc(-n4cnnn4)cc3)CC2)cc(C(F)(F)F)n1. The maximum Gasteiger partial charge on any atom is 0.433 e. The summed E-state index contributed by atoms with van der Waals surface area (Å²) in [4.78, 5) is 16.1. The zero-order valence-corrected chi connectivity index (χ0v) is 17.3. The van der Waals surface area contributed by atoms with E-state index in [9.17, 15) is 18.0 Å². The van der Waals surface area contributed by atoms with Crippen LogP contribution in [0.15, 0.2) is 42.7 Å². The van der Waals surface area contributed by atoms with Gasteiger partial charge in [0.05, 0.1) is 5.69 Å². The van der Waals surface area contributed by atoms with E-state index in [1.807, 2.05) is 0 Å². The minimum absolute atomic E-state index is 0.0182. The second kappa shape index (κ2) is 8.93. The molecule has 0 radical (unpaired) electrons. The molecule has 11 heteroatoms. The first-order chi connectivity index (χ1) is 15.3. The van der Waals surface area contributed by atoms with E-state index in [-0.39, 0.29) is 18.0 Å². The van der Waals surface area contributed by atoms with Gasteiger partial charge in [-0.1, -0.05) is 0 Å². The zero-order valence-electron chi connectivity index (χ0n) is 17.3. The molecule has 1 saturated carbocycles. The van der Waals surface area contributed by atoms with Gasteiger partial charge in [-0.3, -0.25) is 4.79 Å². The number of carbonyl (C=O) groups is 1. The molecule has 2 aromatic heterocycles. The van der Waals surface area contributed by atoms with Crippen LogP contribution in [0.4, 0.5) is 18.9 Å². The summed E-state index contributed by atoms with van der Waals surface area (Å²) in [5, 5.41) is 17.2.